The minimum absolute atomic E-state index is 0. The maximum atomic E-state index is 13.7. The summed E-state index contributed by atoms with van der Waals surface area (Å²) >= 11 is 0. The van der Waals surface area contributed by atoms with E-state index < -0.39 is 11.8 Å². The number of esters is 1. The van der Waals surface area contributed by atoms with Crippen molar-refractivity contribution in [2.24, 2.45) is 0 Å². The van der Waals surface area contributed by atoms with Crippen LogP contribution in [-0.2, 0) is 9.53 Å². The molecule has 1 aromatic carbocycles. The van der Waals surface area contributed by atoms with Gasteiger partial charge in [-0.05, 0) is 44.0 Å². The van der Waals surface area contributed by atoms with Crippen molar-refractivity contribution in [3.63, 3.8) is 0 Å². The van der Waals surface area contributed by atoms with Crippen LogP contribution >= 0.6 is 12.4 Å². The van der Waals surface area contributed by atoms with E-state index in [0.29, 0.717) is 12.5 Å². The number of amides is 1. The summed E-state index contributed by atoms with van der Waals surface area (Å²) in [5, 5.41) is 5.81. The molecular formula is C15H20ClFN2O3. The first-order valence-electron chi connectivity index (χ1n) is 7.01. The highest BCUT2D eigenvalue weighted by Crippen LogP contribution is 2.18. The van der Waals surface area contributed by atoms with Crippen molar-refractivity contribution in [3.8, 4) is 0 Å². The molecule has 0 saturated carbocycles. The van der Waals surface area contributed by atoms with Crippen molar-refractivity contribution in [1.82, 2.24) is 5.32 Å². The first-order chi connectivity index (χ1) is 10.1. The average Bonchev–Trinajstić information content (AvgIpc) is 3.00. The van der Waals surface area contributed by atoms with Gasteiger partial charge in [-0.2, -0.15) is 0 Å². The van der Waals surface area contributed by atoms with Gasteiger partial charge in [-0.25, -0.2) is 9.18 Å². The third kappa shape index (κ3) is 4.96. The van der Waals surface area contributed by atoms with Crippen molar-refractivity contribution in [2.75, 3.05) is 19.0 Å². The van der Waals surface area contributed by atoms with E-state index in [0.717, 1.165) is 31.9 Å². The Balaban J connectivity index is 0.00000242. The van der Waals surface area contributed by atoms with Crippen molar-refractivity contribution in [3.05, 3.63) is 29.6 Å². The summed E-state index contributed by atoms with van der Waals surface area (Å²) in [4.78, 5) is 23.2. The van der Waals surface area contributed by atoms with Gasteiger partial charge >= 0.3 is 5.97 Å². The lowest BCUT2D eigenvalue weighted by Gasteiger charge is -2.11. The van der Waals surface area contributed by atoms with Gasteiger partial charge in [0, 0.05) is 12.5 Å². The third-order valence-corrected chi connectivity index (χ3v) is 3.54. The van der Waals surface area contributed by atoms with Crippen LogP contribution in [0.25, 0.3) is 0 Å². The monoisotopic (exact) mass is 330 g/mol. The van der Waals surface area contributed by atoms with Crippen LogP contribution < -0.4 is 10.6 Å². The summed E-state index contributed by atoms with van der Waals surface area (Å²) < 4.78 is 18.2. The molecule has 1 aliphatic rings. The van der Waals surface area contributed by atoms with Crippen molar-refractivity contribution >= 4 is 30.0 Å². The number of carbonyl (C=O) groups excluding carboxylic acids is 2. The molecule has 1 aromatic rings. The van der Waals surface area contributed by atoms with E-state index in [2.05, 4.69) is 15.4 Å². The second kappa shape index (κ2) is 8.70. The van der Waals surface area contributed by atoms with E-state index in [-0.39, 0.29) is 29.6 Å². The predicted molar refractivity (Wildman–Crippen MR) is 83.9 cm³/mol. The van der Waals surface area contributed by atoms with E-state index in [4.69, 9.17) is 0 Å². The number of nitrogens with one attached hydrogen (secondary N) is 2. The number of hydrogen-bond donors (Lipinski definition) is 2. The summed E-state index contributed by atoms with van der Waals surface area (Å²) in [6.45, 7) is 0.988. The highest BCUT2D eigenvalue weighted by molar-refractivity contribution is 5.94. The average molecular weight is 331 g/mol. The standard InChI is InChI=1S/C15H19FN2O3.ClH/c1-21-15(20)10-4-6-12(16)13(9-10)18-14(19)7-5-11-3-2-8-17-11;/h4,6,9,11,17H,2-3,5,7-8H2,1H3,(H,18,19);1H. The molecule has 2 rings (SSSR count). The number of halogens is 2. The van der Waals surface area contributed by atoms with Gasteiger partial charge in [0.2, 0.25) is 5.91 Å². The Morgan fingerprint density at radius 1 is 1.45 bits per heavy atom. The summed E-state index contributed by atoms with van der Waals surface area (Å²) in [5.74, 6) is -1.40. The Bertz CT molecular complexity index is 534. The zero-order valence-electron chi connectivity index (χ0n) is 12.4. The Morgan fingerprint density at radius 3 is 2.86 bits per heavy atom. The molecule has 0 bridgehead atoms. The smallest absolute Gasteiger partial charge is 0.337 e. The molecule has 122 valence electrons. The van der Waals surface area contributed by atoms with Crippen LogP contribution in [0, 0.1) is 5.82 Å². The number of anilines is 1. The molecule has 0 aromatic heterocycles. The Kier molecular flexibility index (Phi) is 7.27. The van der Waals surface area contributed by atoms with E-state index in [1.54, 1.807) is 0 Å². The molecule has 2 N–H and O–H groups in total. The van der Waals surface area contributed by atoms with Gasteiger partial charge < -0.3 is 15.4 Å². The lowest BCUT2D eigenvalue weighted by atomic mass is 10.1. The first kappa shape index (κ1) is 18.4. The number of rotatable bonds is 5. The molecular weight excluding hydrogens is 311 g/mol. The van der Waals surface area contributed by atoms with Gasteiger partial charge in [-0.3, -0.25) is 4.79 Å². The Labute approximate surface area is 135 Å². The van der Waals surface area contributed by atoms with Crippen LogP contribution in [0.1, 0.15) is 36.0 Å². The van der Waals surface area contributed by atoms with Crippen molar-refractivity contribution < 1.29 is 18.7 Å². The lowest BCUT2D eigenvalue weighted by Crippen LogP contribution is -2.23. The minimum Gasteiger partial charge on any atom is -0.465 e. The van der Waals surface area contributed by atoms with Crippen LogP contribution in [0.15, 0.2) is 18.2 Å². The van der Waals surface area contributed by atoms with Crippen LogP contribution in [0.3, 0.4) is 0 Å². The van der Waals surface area contributed by atoms with Crippen LogP contribution in [0.2, 0.25) is 0 Å². The Morgan fingerprint density at radius 2 is 2.23 bits per heavy atom. The second-order valence-electron chi connectivity index (χ2n) is 5.07. The van der Waals surface area contributed by atoms with Crippen LogP contribution in [-0.4, -0.2) is 31.6 Å². The van der Waals surface area contributed by atoms with E-state index in [1.165, 1.54) is 19.2 Å². The minimum atomic E-state index is -0.574. The summed E-state index contributed by atoms with van der Waals surface area (Å²) in [7, 11) is 1.25. The molecule has 22 heavy (non-hydrogen) atoms. The number of hydrogen-bond acceptors (Lipinski definition) is 4. The largest absolute Gasteiger partial charge is 0.465 e. The fourth-order valence-electron chi connectivity index (χ4n) is 2.39. The van der Waals surface area contributed by atoms with Crippen LogP contribution in [0.4, 0.5) is 10.1 Å². The highest BCUT2D eigenvalue weighted by atomic mass is 35.5. The van der Waals surface area contributed by atoms with Gasteiger partial charge in [0.1, 0.15) is 5.82 Å². The number of benzene rings is 1. The second-order valence-corrected chi connectivity index (χ2v) is 5.07. The first-order valence-corrected chi connectivity index (χ1v) is 7.01. The molecule has 1 amide bonds. The molecule has 1 fully saturated rings. The lowest BCUT2D eigenvalue weighted by molar-refractivity contribution is -0.116. The summed E-state index contributed by atoms with van der Waals surface area (Å²) in [6.07, 6.45) is 3.24. The van der Waals surface area contributed by atoms with E-state index in [1.807, 2.05) is 0 Å². The maximum Gasteiger partial charge on any atom is 0.337 e. The van der Waals surface area contributed by atoms with Crippen LogP contribution in [0.5, 0.6) is 0 Å². The van der Waals surface area contributed by atoms with Gasteiger partial charge in [-0.1, -0.05) is 0 Å². The zero-order chi connectivity index (χ0) is 15.2. The third-order valence-electron chi connectivity index (χ3n) is 3.54. The molecule has 5 nitrogen and oxygen atoms in total. The molecule has 7 heteroatoms. The van der Waals surface area contributed by atoms with E-state index in [9.17, 15) is 14.0 Å². The number of carbonyl (C=O) groups is 2. The highest BCUT2D eigenvalue weighted by Gasteiger charge is 2.16. The Hall–Kier alpha value is -1.66. The quantitative estimate of drug-likeness (QED) is 0.814. The number of ether oxygens (including phenoxy) is 1. The maximum absolute atomic E-state index is 13.7. The topological polar surface area (TPSA) is 67.4 Å². The summed E-state index contributed by atoms with van der Waals surface area (Å²) in [5.41, 5.74) is 0.203. The molecule has 1 atom stereocenters. The molecule has 0 aliphatic carbocycles. The SMILES string of the molecule is COC(=O)c1ccc(F)c(NC(=O)CCC2CCCN2)c1.Cl. The number of methoxy groups -OCH3 is 1. The molecule has 1 heterocycles. The fourth-order valence-corrected chi connectivity index (χ4v) is 2.39. The molecule has 1 saturated heterocycles. The predicted octanol–water partition coefficient (Wildman–Crippen LogP) is 2.50. The summed E-state index contributed by atoms with van der Waals surface area (Å²) in [6, 6.07) is 4.11. The molecule has 1 aliphatic heterocycles. The van der Waals surface area contributed by atoms with Crippen molar-refractivity contribution in [1.29, 1.82) is 0 Å². The van der Waals surface area contributed by atoms with E-state index >= 15 is 0 Å². The fraction of sp³-hybridized carbons (Fsp3) is 0.467. The van der Waals surface area contributed by atoms with Crippen molar-refractivity contribution in [2.45, 2.75) is 31.7 Å². The molecule has 1 unspecified atom stereocenters. The van der Waals surface area contributed by atoms with Gasteiger partial charge in [0.15, 0.2) is 0 Å². The van der Waals surface area contributed by atoms with Gasteiger partial charge in [0.05, 0.1) is 18.4 Å². The molecule has 0 radical (unpaired) electrons. The molecule has 0 spiro atoms. The van der Waals surface area contributed by atoms with Gasteiger partial charge in [0.25, 0.3) is 0 Å². The normalized spacial score (nSPS) is 16.7. The zero-order valence-corrected chi connectivity index (χ0v) is 13.2. The van der Waals surface area contributed by atoms with Gasteiger partial charge in [-0.15, -0.1) is 12.4 Å².